The molecule has 1 saturated carbocycles. The van der Waals surface area contributed by atoms with Crippen LogP contribution < -0.4 is 5.32 Å². The largest absolute Gasteiger partial charge is 0.317 e. The summed E-state index contributed by atoms with van der Waals surface area (Å²) in [5.41, 5.74) is 0.951. The van der Waals surface area contributed by atoms with Crippen LogP contribution in [-0.2, 0) is 7.05 Å². The zero-order valence-electron chi connectivity index (χ0n) is 9.44. The van der Waals surface area contributed by atoms with Crippen LogP contribution in [0.25, 0.3) is 0 Å². The molecule has 1 spiro atoms. The maximum Gasteiger partial charge on any atom is 0.186 e. The van der Waals surface area contributed by atoms with Gasteiger partial charge in [0.15, 0.2) is 5.78 Å². The van der Waals surface area contributed by atoms with Crippen molar-refractivity contribution >= 4 is 5.78 Å². The quantitative estimate of drug-likeness (QED) is 0.732. The van der Waals surface area contributed by atoms with Crippen LogP contribution in [0.1, 0.15) is 29.8 Å². The Bertz CT molecular complexity index is 419. The normalized spacial score (nSPS) is 26.9. The second-order valence-electron chi connectivity index (χ2n) is 4.98. The highest BCUT2D eigenvalue weighted by Gasteiger charge is 2.57. The number of aromatic nitrogens is 3. The number of hydrogen-bond donors (Lipinski definition) is 1. The number of Topliss-reactive ketones (excluding diaryl/α,β-unsaturated/α-hetero) is 1. The van der Waals surface area contributed by atoms with Crippen molar-refractivity contribution in [3.63, 3.8) is 0 Å². The number of nitrogens with one attached hydrogen (secondary N) is 1. The van der Waals surface area contributed by atoms with E-state index in [1.54, 1.807) is 17.9 Å². The second kappa shape index (κ2) is 3.38. The summed E-state index contributed by atoms with van der Waals surface area (Å²) in [6, 6.07) is 0. The summed E-state index contributed by atoms with van der Waals surface area (Å²) in [5.74, 6) is 0.446. The number of carbonyl (C=O) groups excluding carboxylic acids is 1. The molecule has 86 valence electrons. The highest BCUT2D eigenvalue weighted by atomic mass is 16.1. The van der Waals surface area contributed by atoms with E-state index in [-0.39, 0.29) is 11.7 Å². The van der Waals surface area contributed by atoms with Gasteiger partial charge in [0.2, 0.25) is 0 Å². The maximum atomic E-state index is 12.2. The summed E-state index contributed by atoms with van der Waals surface area (Å²) < 4.78 is 1.58. The van der Waals surface area contributed by atoms with Gasteiger partial charge in [-0.3, -0.25) is 4.79 Å². The van der Waals surface area contributed by atoms with E-state index in [0.717, 1.165) is 32.4 Å². The van der Waals surface area contributed by atoms with E-state index >= 15 is 0 Å². The lowest BCUT2D eigenvalue weighted by Crippen LogP contribution is -2.31. The first-order valence-electron chi connectivity index (χ1n) is 5.83. The summed E-state index contributed by atoms with van der Waals surface area (Å²) in [6.07, 6.45) is 4.90. The highest BCUT2D eigenvalue weighted by Crippen LogP contribution is 2.59. The monoisotopic (exact) mass is 220 g/mol. The van der Waals surface area contributed by atoms with Crippen LogP contribution in [-0.4, -0.2) is 33.9 Å². The van der Waals surface area contributed by atoms with Crippen molar-refractivity contribution in [2.45, 2.75) is 19.3 Å². The van der Waals surface area contributed by atoms with Gasteiger partial charge < -0.3 is 5.32 Å². The fraction of sp³-hybridized carbons (Fsp3) is 0.727. The van der Waals surface area contributed by atoms with Crippen LogP contribution in [0.5, 0.6) is 0 Å². The molecule has 5 nitrogen and oxygen atoms in total. The van der Waals surface area contributed by atoms with Crippen LogP contribution >= 0.6 is 0 Å². The minimum Gasteiger partial charge on any atom is -0.317 e. The maximum absolute atomic E-state index is 12.2. The Morgan fingerprint density at radius 3 is 2.94 bits per heavy atom. The smallest absolute Gasteiger partial charge is 0.186 e. The molecule has 0 radical (unpaired) electrons. The number of nitrogens with zero attached hydrogens (tertiary/aromatic N) is 3. The van der Waals surface area contributed by atoms with Gasteiger partial charge in [-0.2, -0.15) is 0 Å². The van der Waals surface area contributed by atoms with Crippen molar-refractivity contribution in [2.24, 2.45) is 18.4 Å². The van der Waals surface area contributed by atoms with E-state index in [2.05, 4.69) is 15.6 Å². The molecule has 0 aromatic carbocycles. The van der Waals surface area contributed by atoms with Crippen LogP contribution in [0.15, 0.2) is 6.20 Å². The molecule has 1 atom stereocenters. The highest BCUT2D eigenvalue weighted by molar-refractivity contribution is 5.98. The second-order valence-corrected chi connectivity index (χ2v) is 4.98. The molecule has 1 aliphatic carbocycles. The summed E-state index contributed by atoms with van der Waals surface area (Å²) >= 11 is 0. The number of aryl methyl sites for hydroxylation is 1. The molecule has 16 heavy (non-hydrogen) atoms. The topological polar surface area (TPSA) is 59.8 Å². The van der Waals surface area contributed by atoms with E-state index in [1.807, 2.05) is 0 Å². The van der Waals surface area contributed by atoms with Gasteiger partial charge in [0.25, 0.3) is 0 Å². The van der Waals surface area contributed by atoms with Crippen molar-refractivity contribution in [3.05, 3.63) is 11.9 Å². The van der Waals surface area contributed by atoms with E-state index in [9.17, 15) is 4.79 Å². The lowest BCUT2D eigenvalue weighted by Gasteiger charge is -2.22. The van der Waals surface area contributed by atoms with Crippen LogP contribution in [0, 0.1) is 11.3 Å². The molecule has 1 N–H and O–H groups in total. The van der Waals surface area contributed by atoms with Gasteiger partial charge in [-0.15, -0.1) is 5.10 Å². The number of rotatable bonds is 2. The van der Waals surface area contributed by atoms with E-state index in [4.69, 9.17) is 0 Å². The molecule has 2 fully saturated rings. The molecule has 2 heterocycles. The van der Waals surface area contributed by atoms with Gasteiger partial charge in [0, 0.05) is 13.0 Å². The minimum atomic E-state index is 0.215. The zero-order chi connectivity index (χ0) is 11.2. The van der Waals surface area contributed by atoms with Crippen molar-refractivity contribution < 1.29 is 4.79 Å². The van der Waals surface area contributed by atoms with Gasteiger partial charge in [0.1, 0.15) is 5.69 Å². The predicted octanol–water partition coefficient (Wildman–Crippen LogP) is 0.388. The molecule has 0 bridgehead atoms. The van der Waals surface area contributed by atoms with Gasteiger partial charge in [-0.25, -0.2) is 4.68 Å². The van der Waals surface area contributed by atoms with Crippen molar-refractivity contribution in [3.8, 4) is 0 Å². The predicted molar refractivity (Wildman–Crippen MR) is 58.0 cm³/mol. The lowest BCUT2D eigenvalue weighted by atomic mass is 9.90. The Labute approximate surface area is 94.2 Å². The molecule has 2 aliphatic rings. The SMILES string of the molecule is Cn1nncc1C(=O)C1CC12CCNCC2. The first-order chi connectivity index (χ1) is 7.73. The molecule has 1 aromatic rings. The first-order valence-corrected chi connectivity index (χ1v) is 5.83. The Morgan fingerprint density at radius 2 is 2.31 bits per heavy atom. The summed E-state index contributed by atoms with van der Waals surface area (Å²) in [4.78, 5) is 12.2. The number of carbonyl (C=O) groups is 1. The van der Waals surface area contributed by atoms with E-state index in [1.165, 1.54) is 0 Å². The molecular weight excluding hydrogens is 204 g/mol. The molecule has 1 unspecified atom stereocenters. The Balaban J connectivity index is 1.77. The summed E-state index contributed by atoms with van der Waals surface area (Å²) in [6.45, 7) is 2.10. The molecule has 1 aromatic heterocycles. The Kier molecular flexibility index (Phi) is 2.10. The van der Waals surface area contributed by atoms with Gasteiger partial charge in [0.05, 0.1) is 6.20 Å². The Morgan fingerprint density at radius 1 is 1.56 bits per heavy atom. The summed E-state index contributed by atoms with van der Waals surface area (Å²) in [5, 5.41) is 10.9. The van der Waals surface area contributed by atoms with Gasteiger partial charge >= 0.3 is 0 Å². The van der Waals surface area contributed by atoms with Gasteiger partial charge in [-0.05, 0) is 37.8 Å². The summed E-state index contributed by atoms with van der Waals surface area (Å²) in [7, 11) is 1.78. The number of piperidine rings is 1. The van der Waals surface area contributed by atoms with Crippen molar-refractivity contribution in [1.29, 1.82) is 0 Å². The molecular formula is C11H16N4O. The molecule has 1 saturated heterocycles. The molecule has 5 heteroatoms. The molecule has 0 amide bonds. The van der Waals surface area contributed by atoms with E-state index in [0.29, 0.717) is 11.1 Å². The fourth-order valence-electron chi connectivity index (χ4n) is 2.89. The fourth-order valence-corrected chi connectivity index (χ4v) is 2.89. The zero-order valence-corrected chi connectivity index (χ0v) is 9.44. The van der Waals surface area contributed by atoms with Crippen molar-refractivity contribution in [2.75, 3.05) is 13.1 Å². The van der Waals surface area contributed by atoms with Crippen LogP contribution in [0.4, 0.5) is 0 Å². The first kappa shape index (κ1) is 9.96. The molecule has 1 aliphatic heterocycles. The van der Waals surface area contributed by atoms with Crippen molar-refractivity contribution in [1.82, 2.24) is 20.3 Å². The van der Waals surface area contributed by atoms with Crippen LogP contribution in [0.3, 0.4) is 0 Å². The van der Waals surface area contributed by atoms with E-state index < -0.39 is 0 Å². The average Bonchev–Trinajstić information content (AvgIpc) is 2.80. The molecule has 3 rings (SSSR count). The number of hydrogen-bond acceptors (Lipinski definition) is 4. The third kappa shape index (κ3) is 1.38. The number of ketones is 1. The third-order valence-corrected chi connectivity index (χ3v) is 4.07. The average molecular weight is 220 g/mol. The lowest BCUT2D eigenvalue weighted by molar-refractivity contribution is 0.0931. The Hall–Kier alpha value is -1.23. The van der Waals surface area contributed by atoms with Crippen LogP contribution in [0.2, 0.25) is 0 Å². The van der Waals surface area contributed by atoms with Gasteiger partial charge in [-0.1, -0.05) is 5.21 Å². The standard InChI is InChI=1S/C11H16N4O/c1-15-9(7-13-14-15)10(16)8-6-11(8)2-4-12-5-3-11/h7-8,12H,2-6H2,1H3. The third-order valence-electron chi connectivity index (χ3n) is 4.07. The minimum absolute atomic E-state index is 0.215.